The highest BCUT2D eigenvalue weighted by atomic mass is 32.1. The van der Waals surface area contributed by atoms with E-state index < -0.39 is 0 Å². The molecule has 18 heavy (non-hydrogen) atoms. The summed E-state index contributed by atoms with van der Waals surface area (Å²) in [5.74, 6) is 0.987. The van der Waals surface area contributed by atoms with Crippen molar-refractivity contribution >= 4 is 11.3 Å². The van der Waals surface area contributed by atoms with Crippen LogP contribution in [0.4, 0.5) is 0 Å². The standard InChI is InChI=1S/C13H20N4S/c1-4-7-14-11(13-15-9-16-17(13)3)12-10(5-2)6-8-18-12/h6,8-9,11,14H,4-5,7H2,1-3H3. The third-order valence-corrected chi connectivity index (χ3v) is 4.05. The minimum atomic E-state index is 0.160. The van der Waals surface area contributed by atoms with Crippen LogP contribution in [0.25, 0.3) is 0 Å². The molecule has 1 unspecified atom stereocenters. The van der Waals surface area contributed by atoms with E-state index in [0.717, 1.165) is 25.2 Å². The van der Waals surface area contributed by atoms with Gasteiger partial charge in [-0.15, -0.1) is 11.3 Å². The zero-order chi connectivity index (χ0) is 13.0. The average Bonchev–Trinajstić information content (AvgIpc) is 2.99. The zero-order valence-electron chi connectivity index (χ0n) is 11.2. The van der Waals surface area contributed by atoms with Gasteiger partial charge in [0.05, 0.1) is 0 Å². The monoisotopic (exact) mass is 264 g/mol. The highest BCUT2D eigenvalue weighted by Crippen LogP contribution is 2.28. The Morgan fingerprint density at radius 2 is 2.28 bits per heavy atom. The van der Waals surface area contributed by atoms with Gasteiger partial charge in [0.25, 0.3) is 0 Å². The third kappa shape index (κ3) is 2.62. The maximum atomic E-state index is 4.40. The Morgan fingerprint density at radius 1 is 1.44 bits per heavy atom. The molecule has 2 rings (SSSR count). The molecule has 2 aromatic heterocycles. The Bertz CT molecular complexity index is 489. The van der Waals surface area contributed by atoms with Crippen molar-refractivity contribution in [3.8, 4) is 0 Å². The first kappa shape index (κ1) is 13.2. The van der Waals surface area contributed by atoms with Gasteiger partial charge in [-0.05, 0) is 36.4 Å². The highest BCUT2D eigenvalue weighted by Gasteiger charge is 2.21. The fraction of sp³-hybridized carbons (Fsp3) is 0.538. The van der Waals surface area contributed by atoms with Crippen molar-refractivity contribution in [3.63, 3.8) is 0 Å². The van der Waals surface area contributed by atoms with Crippen molar-refractivity contribution in [2.45, 2.75) is 32.7 Å². The molecule has 0 aliphatic heterocycles. The predicted octanol–water partition coefficient (Wildman–Crippen LogP) is 2.53. The van der Waals surface area contributed by atoms with Crippen molar-refractivity contribution in [2.24, 2.45) is 7.05 Å². The van der Waals surface area contributed by atoms with Crippen LogP contribution >= 0.6 is 11.3 Å². The van der Waals surface area contributed by atoms with E-state index in [4.69, 9.17) is 0 Å². The minimum Gasteiger partial charge on any atom is -0.303 e. The molecule has 0 radical (unpaired) electrons. The van der Waals surface area contributed by atoms with Crippen molar-refractivity contribution in [3.05, 3.63) is 34.0 Å². The average molecular weight is 264 g/mol. The molecular formula is C13H20N4S. The van der Waals surface area contributed by atoms with E-state index in [1.54, 1.807) is 17.7 Å². The van der Waals surface area contributed by atoms with Crippen molar-refractivity contribution in [1.29, 1.82) is 0 Å². The number of rotatable bonds is 6. The van der Waals surface area contributed by atoms with Crippen LogP contribution in [0.5, 0.6) is 0 Å². The normalized spacial score (nSPS) is 12.8. The number of hydrogen-bond donors (Lipinski definition) is 1. The Labute approximate surface area is 112 Å². The molecule has 98 valence electrons. The number of thiophene rings is 1. The van der Waals surface area contributed by atoms with Crippen LogP contribution in [0.2, 0.25) is 0 Å². The molecule has 0 aliphatic rings. The molecule has 1 N–H and O–H groups in total. The van der Waals surface area contributed by atoms with Crippen LogP contribution < -0.4 is 5.32 Å². The molecular weight excluding hydrogens is 244 g/mol. The van der Waals surface area contributed by atoms with Gasteiger partial charge in [-0.2, -0.15) is 5.10 Å². The second-order valence-corrected chi connectivity index (χ2v) is 5.24. The van der Waals surface area contributed by atoms with Crippen LogP contribution in [-0.4, -0.2) is 21.3 Å². The van der Waals surface area contributed by atoms with E-state index in [2.05, 4.69) is 40.7 Å². The molecule has 0 saturated heterocycles. The summed E-state index contributed by atoms with van der Waals surface area (Å²) in [5.41, 5.74) is 1.40. The first-order chi connectivity index (χ1) is 8.77. The molecule has 0 aliphatic carbocycles. The van der Waals surface area contributed by atoms with Crippen LogP contribution in [0, 0.1) is 0 Å². The topological polar surface area (TPSA) is 42.7 Å². The zero-order valence-corrected chi connectivity index (χ0v) is 12.0. The van der Waals surface area contributed by atoms with Crippen LogP contribution in [0.3, 0.4) is 0 Å². The summed E-state index contributed by atoms with van der Waals surface area (Å²) >= 11 is 1.80. The molecule has 0 fully saturated rings. The van der Waals surface area contributed by atoms with Gasteiger partial charge in [-0.3, -0.25) is 4.68 Å². The Kier molecular flexibility index (Phi) is 4.49. The molecule has 2 aromatic rings. The quantitative estimate of drug-likeness (QED) is 0.872. The van der Waals surface area contributed by atoms with Gasteiger partial charge in [-0.1, -0.05) is 13.8 Å². The Balaban J connectivity index is 2.34. The first-order valence-electron chi connectivity index (χ1n) is 6.41. The SMILES string of the molecule is CCCNC(c1sccc1CC)c1ncnn1C. The largest absolute Gasteiger partial charge is 0.303 e. The predicted molar refractivity (Wildman–Crippen MR) is 74.8 cm³/mol. The highest BCUT2D eigenvalue weighted by molar-refractivity contribution is 7.10. The molecule has 0 spiro atoms. The smallest absolute Gasteiger partial charge is 0.149 e. The fourth-order valence-corrected chi connectivity index (χ4v) is 3.12. The van der Waals surface area contributed by atoms with Gasteiger partial charge in [-0.25, -0.2) is 4.98 Å². The second kappa shape index (κ2) is 6.11. The summed E-state index contributed by atoms with van der Waals surface area (Å²) in [4.78, 5) is 5.76. The number of nitrogens with zero attached hydrogens (tertiary/aromatic N) is 3. The minimum absolute atomic E-state index is 0.160. The van der Waals surface area contributed by atoms with Crippen LogP contribution in [0.1, 0.15) is 42.6 Å². The number of hydrogen-bond acceptors (Lipinski definition) is 4. The summed E-state index contributed by atoms with van der Waals surface area (Å²) in [7, 11) is 1.95. The number of aryl methyl sites for hydroxylation is 2. The summed E-state index contributed by atoms with van der Waals surface area (Å²) in [6.45, 7) is 5.35. The van der Waals surface area contributed by atoms with Gasteiger partial charge in [0.2, 0.25) is 0 Å². The van der Waals surface area contributed by atoms with Crippen LogP contribution in [0.15, 0.2) is 17.8 Å². The summed E-state index contributed by atoms with van der Waals surface area (Å²) in [6.07, 6.45) is 3.79. The molecule has 0 aromatic carbocycles. The van der Waals surface area contributed by atoms with Crippen molar-refractivity contribution < 1.29 is 0 Å². The lowest BCUT2D eigenvalue weighted by Crippen LogP contribution is -2.26. The Hall–Kier alpha value is -1.20. The summed E-state index contributed by atoms with van der Waals surface area (Å²) in [6, 6.07) is 2.36. The number of aromatic nitrogens is 3. The molecule has 0 bridgehead atoms. The van der Waals surface area contributed by atoms with E-state index >= 15 is 0 Å². The van der Waals surface area contributed by atoms with E-state index in [1.807, 2.05) is 11.7 Å². The molecule has 2 heterocycles. The first-order valence-corrected chi connectivity index (χ1v) is 7.29. The number of nitrogens with one attached hydrogen (secondary N) is 1. The van der Waals surface area contributed by atoms with Gasteiger partial charge in [0, 0.05) is 11.9 Å². The summed E-state index contributed by atoms with van der Waals surface area (Å²) < 4.78 is 1.85. The summed E-state index contributed by atoms with van der Waals surface area (Å²) in [5, 5.41) is 9.92. The van der Waals surface area contributed by atoms with Gasteiger partial charge in [0.1, 0.15) is 18.2 Å². The van der Waals surface area contributed by atoms with Crippen molar-refractivity contribution in [1.82, 2.24) is 20.1 Å². The van der Waals surface area contributed by atoms with E-state index in [0.29, 0.717) is 0 Å². The van der Waals surface area contributed by atoms with Crippen molar-refractivity contribution in [2.75, 3.05) is 6.54 Å². The molecule has 4 nitrogen and oxygen atoms in total. The van der Waals surface area contributed by atoms with E-state index in [9.17, 15) is 0 Å². The van der Waals surface area contributed by atoms with E-state index in [1.165, 1.54) is 10.4 Å². The van der Waals surface area contributed by atoms with Crippen LogP contribution in [-0.2, 0) is 13.5 Å². The maximum Gasteiger partial charge on any atom is 0.149 e. The lowest BCUT2D eigenvalue weighted by Gasteiger charge is -2.17. The molecule has 1 atom stereocenters. The molecule has 0 saturated carbocycles. The second-order valence-electron chi connectivity index (χ2n) is 4.29. The lowest BCUT2D eigenvalue weighted by molar-refractivity contribution is 0.545. The Morgan fingerprint density at radius 3 is 2.89 bits per heavy atom. The molecule has 5 heteroatoms. The lowest BCUT2D eigenvalue weighted by atomic mass is 10.1. The van der Waals surface area contributed by atoms with Gasteiger partial charge in [0.15, 0.2) is 0 Å². The maximum absolute atomic E-state index is 4.40. The van der Waals surface area contributed by atoms with Gasteiger partial charge >= 0.3 is 0 Å². The van der Waals surface area contributed by atoms with E-state index in [-0.39, 0.29) is 6.04 Å². The third-order valence-electron chi connectivity index (χ3n) is 3.03. The van der Waals surface area contributed by atoms with Gasteiger partial charge < -0.3 is 5.32 Å². The molecule has 0 amide bonds. The fourth-order valence-electron chi connectivity index (χ4n) is 2.05.